The number of hydrogen-bond donors (Lipinski definition) is 2. The maximum atomic E-state index is 12.2. The first-order chi connectivity index (χ1) is 12.0. The van der Waals surface area contributed by atoms with Gasteiger partial charge in [-0.05, 0) is 25.1 Å². The molecular formula is C18H16ClN3O2S. The van der Waals surface area contributed by atoms with E-state index in [4.69, 9.17) is 16.3 Å². The number of hydrogen-bond acceptors (Lipinski definition) is 4. The second-order valence-corrected chi connectivity index (χ2v) is 6.62. The fourth-order valence-electron chi connectivity index (χ4n) is 2.22. The number of urea groups is 1. The third-order valence-electron chi connectivity index (χ3n) is 3.48. The highest BCUT2D eigenvalue weighted by Gasteiger charge is 2.11. The van der Waals surface area contributed by atoms with Gasteiger partial charge in [0, 0.05) is 16.0 Å². The van der Waals surface area contributed by atoms with E-state index in [1.54, 1.807) is 18.2 Å². The van der Waals surface area contributed by atoms with Crippen LogP contribution in [0, 0.1) is 6.92 Å². The zero-order valence-electron chi connectivity index (χ0n) is 13.7. The molecule has 2 N–H and O–H groups in total. The third kappa shape index (κ3) is 4.29. The molecule has 128 valence electrons. The number of nitrogens with one attached hydrogen (secondary N) is 2. The molecule has 3 rings (SSSR count). The number of thiazole rings is 1. The first-order valence-corrected chi connectivity index (χ1v) is 8.75. The summed E-state index contributed by atoms with van der Waals surface area (Å²) >= 11 is 7.32. The van der Waals surface area contributed by atoms with Gasteiger partial charge in [-0.1, -0.05) is 41.4 Å². The van der Waals surface area contributed by atoms with Crippen LogP contribution in [0.2, 0.25) is 5.02 Å². The number of amides is 2. The van der Waals surface area contributed by atoms with Crippen molar-refractivity contribution >= 4 is 39.8 Å². The number of aromatic nitrogens is 1. The normalized spacial score (nSPS) is 10.4. The Morgan fingerprint density at radius 1 is 1.16 bits per heavy atom. The largest absolute Gasteiger partial charge is 0.495 e. The average molecular weight is 374 g/mol. The van der Waals surface area contributed by atoms with E-state index < -0.39 is 6.03 Å². The minimum atomic E-state index is -0.412. The van der Waals surface area contributed by atoms with Crippen LogP contribution in [0.5, 0.6) is 5.75 Å². The van der Waals surface area contributed by atoms with Crippen LogP contribution in [0.25, 0.3) is 11.3 Å². The number of methoxy groups -OCH3 is 1. The van der Waals surface area contributed by atoms with Crippen molar-refractivity contribution in [1.82, 2.24) is 4.98 Å². The van der Waals surface area contributed by atoms with Gasteiger partial charge in [0.05, 0.1) is 18.5 Å². The summed E-state index contributed by atoms with van der Waals surface area (Å²) in [6.45, 7) is 2.03. The van der Waals surface area contributed by atoms with Crippen molar-refractivity contribution in [2.24, 2.45) is 0 Å². The van der Waals surface area contributed by atoms with Crippen LogP contribution in [0.15, 0.2) is 47.8 Å². The molecule has 0 aliphatic heterocycles. The summed E-state index contributed by atoms with van der Waals surface area (Å²) in [5, 5.41) is 8.35. The summed E-state index contributed by atoms with van der Waals surface area (Å²) in [5.41, 5.74) is 3.50. The zero-order chi connectivity index (χ0) is 17.8. The molecule has 2 aromatic carbocycles. The van der Waals surface area contributed by atoms with Crippen molar-refractivity contribution < 1.29 is 9.53 Å². The summed E-state index contributed by atoms with van der Waals surface area (Å²) in [5.74, 6) is 0.527. The van der Waals surface area contributed by atoms with E-state index in [1.165, 1.54) is 24.0 Å². The number of benzene rings is 2. The van der Waals surface area contributed by atoms with E-state index in [1.807, 2.05) is 36.6 Å². The maximum absolute atomic E-state index is 12.2. The fourth-order valence-corrected chi connectivity index (χ4v) is 3.10. The molecule has 0 atom stereocenters. The summed E-state index contributed by atoms with van der Waals surface area (Å²) in [7, 11) is 1.53. The molecule has 0 spiro atoms. The topological polar surface area (TPSA) is 63.2 Å². The molecule has 2 amide bonds. The van der Waals surface area contributed by atoms with E-state index >= 15 is 0 Å². The molecule has 1 aromatic heterocycles. The Bertz CT molecular complexity index is 894. The van der Waals surface area contributed by atoms with Gasteiger partial charge in [0.15, 0.2) is 5.13 Å². The van der Waals surface area contributed by atoms with Crippen LogP contribution in [0.3, 0.4) is 0 Å². The van der Waals surface area contributed by atoms with Crippen molar-refractivity contribution in [3.8, 4) is 17.0 Å². The molecule has 3 aromatic rings. The molecular weight excluding hydrogens is 358 g/mol. The lowest BCUT2D eigenvalue weighted by molar-refractivity contribution is 0.262. The zero-order valence-corrected chi connectivity index (χ0v) is 15.2. The first kappa shape index (κ1) is 17.3. The van der Waals surface area contributed by atoms with Gasteiger partial charge in [-0.3, -0.25) is 5.32 Å². The minimum Gasteiger partial charge on any atom is -0.495 e. The van der Waals surface area contributed by atoms with Crippen LogP contribution in [-0.4, -0.2) is 18.1 Å². The molecule has 1 heterocycles. The molecule has 0 fully saturated rings. The van der Waals surface area contributed by atoms with Crippen LogP contribution in [0.4, 0.5) is 15.6 Å². The Labute approximate surface area is 154 Å². The predicted octanol–water partition coefficient (Wildman–Crippen LogP) is 5.42. The molecule has 25 heavy (non-hydrogen) atoms. The molecule has 0 radical (unpaired) electrons. The number of ether oxygens (including phenoxy) is 1. The highest BCUT2D eigenvalue weighted by Crippen LogP contribution is 2.28. The number of carbonyl (C=O) groups is 1. The van der Waals surface area contributed by atoms with Crippen LogP contribution in [-0.2, 0) is 0 Å². The van der Waals surface area contributed by atoms with Crippen LogP contribution < -0.4 is 15.4 Å². The van der Waals surface area contributed by atoms with Gasteiger partial charge in [0.1, 0.15) is 5.75 Å². The molecule has 0 aliphatic rings. The lowest BCUT2D eigenvalue weighted by Crippen LogP contribution is -2.19. The molecule has 0 bridgehead atoms. The van der Waals surface area contributed by atoms with E-state index in [0.29, 0.717) is 21.6 Å². The van der Waals surface area contributed by atoms with E-state index in [2.05, 4.69) is 15.6 Å². The van der Waals surface area contributed by atoms with Crippen LogP contribution >= 0.6 is 22.9 Å². The van der Waals surface area contributed by atoms with E-state index in [0.717, 1.165) is 11.3 Å². The Balaban J connectivity index is 1.70. The summed E-state index contributed by atoms with van der Waals surface area (Å²) in [6.07, 6.45) is 0. The van der Waals surface area contributed by atoms with E-state index in [9.17, 15) is 4.79 Å². The number of nitrogens with zero attached hydrogens (tertiary/aromatic N) is 1. The minimum absolute atomic E-state index is 0.412. The fraction of sp³-hybridized carbons (Fsp3) is 0.111. The summed E-state index contributed by atoms with van der Waals surface area (Å²) < 4.78 is 5.21. The second-order valence-electron chi connectivity index (χ2n) is 5.33. The van der Waals surface area contributed by atoms with Crippen molar-refractivity contribution in [2.75, 3.05) is 17.7 Å². The smallest absolute Gasteiger partial charge is 0.325 e. The second kappa shape index (κ2) is 7.55. The quantitative estimate of drug-likeness (QED) is 0.641. The van der Waals surface area contributed by atoms with Gasteiger partial charge < -0.3 is 10.1 Å². The SMILES string of the molecule is COc1ccc(Cl)cc1NC(=O)Nc1nc(-c2ccc(C)cc2)cs1. The number of halogens is 1. The lowest BCUT2D eigenvalue weighted by Gasteiger charge is -2.10. The average Bonchev–Trinajstić information content (AvgIpc) is 3.04. The van der Waals surface area contributed by atoms with Gasteiger partial charge in [0.2, 0.25) is 0 Å². The molecule has 0 saturated carbocycles. The monoisotopic (exact) mass is 373 g/mol. The number of rotatable bonds is 4. The van der Waals surface area contributed by atoms with Crippen molar-refractivity contribution in [3.05, 3.63) is 58.4 Å². The Hall–Kier alpha value is -2.57. The standard InChI is InChI=1S/C18H16ClN3O2S/c1-11-3-5-12(6-4-11)15-10-25-18(21-15)22-17(23)20-14-9-13(19)7-8-16(14)24-2/h3-10H,1-2H3,(H2,20,21,22,23). The van der Waals surface area contributed by atoms with Gasteiger partial charge in [-0.2, -0.15) is 0 Å². The van der Waals surface area contributed by atoms with Gasteiger partial charge in [-0.15, -0.1) is 11.3 Å². The molecule has 7 heteroatoms. The Morgan fingerprint density at radius 3 is 2.64 bits per heavy atom. The highest BCUT2D eigenvalue weighted by atomic mass is 35.5. The van der Waals surface area contributed by atoms with Crippen LogP contribution in [0.1, 0.15) is 5.56 Å². The molecule has 0 saturated heterocycles. The molecule has 0 aliphatic carbocycles. The maximum Gasteiger partial charge on any atom is 0.325 e. The van der Waals surface area contributed by atoms with E-state index in [-0.39, 0.29) is 0 Å². The Morgan fingerprint density at radius 2 is 1.92 bits per heavy atom. The Kier molecular flexibility index (Phi) is 5.21. The summed E-state index contributed by atoms with van der Waals surface area (Å²) in [6, 6.07) is 12.7. The van der Waals surface area contributed by atoms with Crippen molar-refractivity contribution in [1.29, 1.82) is 0 Å². The first-order valence-electron chi connectivity index (χ1n) is 7.49. The number of carbonyl (C=O) groups excluding carboxylic acids is 1. The van der Waals surface area contributed by atoms with Gasteiger partial charge in [-0.25, -0.2) is 9.78 Å². The highest BCUT2D eigenvalue weighted by molar-refractivity contribution is 7.14. The lowest BCUT2D eigenvalue weighted by atomic mass is 10.1. The third-order valence-corrected chi connectivity index (χ3v) is 4.47. The molecule has 0 unspecified atom stereocenters. The summed E-state index contributed by atoms with van der Waals surface area (Å²) in [4.78, 5) is 16.6. The number of aryl methyl sites for hydroxylation is 1. The van der Waals surface area contributed by atoms with Gasteiger partial charge in [0.25, 0.3) is 0 Å². The number of anilines is 2. The van der Waals surface area contributed by atoms with Crippen molar-refractivity contribution in [2.45, 2.75) is 6.92 Å². The van der Waals surface area contributed by atoms with Crippen molar-refractivity contribution in [3.63, 3.8) is 0 Å². The van der Waals surface area contributed by atoms with Gasteiger partial charge >= 0.3 is 6.03 Å². The predicted molar refractivity (Wildman–Crippen MR) is 103 cm³/mol. The molecule has 5 nitrogen and oxygen atoms in total.